The highest BCUT2D eigenvalue weighted by Crippen LogP contribution is 2.36. The Bertz CT molecular complexity index is 906. The number of aromatic nitrogens is 2. The predicted octanol–water partition coefficient (Wildman–Crippen LogP) is 5.80. The second kappa shape index (κ2) is 8.82. The number of aryl methyl sites for hydroxylation is 1. The van der Waals surface area contributed by atoms with Crippen molar-refractivity contribution in [3.05, 3.63) is 68.6 Å². The number of halogens is 1. The minimum Gasteiger partial charge on any atom is -0.325 e. The number of likely N-dealkylation sites (N-methyl/N-ethyl adjacent to an activating group) is 1. The van der Waals surface area contributed by atoms with Crippen LogP contribution in [0, 0.1) is 0 Å². The number of azide groups is 1. The summed E-state index contributed by atoms with van der Waals surface area (Å²) in [7, 11) is 2.13. The largest absolute Gasteiger partial charge is 0.325 e. The third-order valence-corrected chi connectivity index (χ3v) is 5.44. The Balaban J connectivity index is 2.20. The summed E-state index contributed by atoms with van der Waals surface area (Å²) in [6.45, 7) is 8.34. The van der Waals surface area contributed by atoms with Gasteiger partial charge in [0.1, 0.15) is 11.9 Å². The molecule has 7 heteroatoms. The Hall–Kier alpha value is -2.27. The lowest BCUT2D eigenvalue weighted by atomic mass is 10.0. The molecule has 0 spiro atoms. The van der Waals surface area contributed by atoms with Crippen LogP contribution in [-0.4, -0.2) is 34.6 Å². The van der Waals surface area contributed by atoms with Gasteiger partial charge in [-0.2, -0.15) is 0 Å². The van der Waals surface area contributed by atoms with Crippen LogP contribution in [0.4, 0.5) is 0 Å². The molecular weight excluding hydrogens is 372 g/mol. The van der Waals surface area contributed by atoms with Crippen molar-refractivity contribution in [2.24, 2.45) is 5.11 Å². The molecule has 3 rings (SSSR count). The first-order valence-electron chi connectivity index (χ1n) is 9.74. The van der Waals surface area contributed by atoms with Crippen LogP contribution in [0.1, 0.15) is 62.1 Å². The first-order valence-corrected chi connectivity index (χ1v) is 10.1. The fourth-order valence-electron chi connectivity index (χ4n) is 3.74. The topological polar surface area (TPSA) is 69.8 Å². The highest BCUT2D eigenvalue weighted by molar-refractivity contribution is 6.30. The van der Waals surface area contributed by atoms with Gasteiger partial charge in [-0.05, 0) is 62.5 Å². The average Bonchev–Trinajstić information content (AvgIpc) is 3.07. The van der Waals surface area contributed by atoms with E-state index < -0.39 is 6.04 Å². The van der Waals surface area contributed by atoms with E-state index in [0.29, 0.717) is 5.02 Å². The molecule has 0 fully saturated rings. The summed E-state index contributed by atoms with van der Waals surface area (Å²) in [4.78, 5) is 10.5. The molecule has 0 amide bonds. The van der Waals surface area contributed by atoms with Gasteiger partial charge in [0.15, 0.2) is 0 Å². The minimum absolute atomic E-state index is 0.196. The first kappa shape index (κ1) is 20.5. The molecule has 0 N–H and O–H groups in total. The van der Waals surface area contributed by atoms with E-state index in [1.54, 1.807) is 0 Å². The number of benzene rings is 1. The van der Waals surface area contributed by atoms with Gasteiger partial charge in [0.05, 0.1) is 11.4 Å². The molecular formula is C21H27ClN6. The summed E-state index contributed by atoms with van der Waals surface area (Å²) in [5, 5.41) is 4.83. The second-order valence-corrected chi connectivity index (χ2v) is 7.92. The molecule has 1 aromatic carbocycles. The Labute approximate surface area is 171 Å². The maximum Gasteiger partial charge on any atom is 0.136 e. The zero-order valence-electron chi connectivity index (χ0n) is 16.9. The Kier molecular flexibility index (Phi) is 6.45. The molecule has 1 aliphatic heterocycles. The van der Waals surface area contributed by atoms with Crippen molar-refractivity contribution < 1.29 is 0 Å². The lowest BCUT2D eigenvalue weighted by Gasteiger charge is -2.25. The maximum atomic E-state index is 9.28. The number of hydrogen-bond donors (Lipinski definition) is 0. The van der Waals surface area contributed by atoms with Gasteiger partial charge < -0.3 is 9.47 Å². The van der Waals surface area contributed by atoms with E-state index in [9.17, 15) is 5.53 Å². The van der Waals surface area contributed by atoms with Crippen LogP contribution in [0.25, 0.3) is 16.0 Å². The normalized spacial score (nSPS) is 16.0. The van der Waals surface area contributed by atoms with Crippen molar-refractivity contribution >= 4 is 17.2 Å². The van der Waals surface area contributed by atoms with E-state index in [1.165, 1.54) is 5.57 Å². The molecule has 2 heterocycles. The van der Waals surface area contributed by atoms with E-state index in [4.69, 9.17) is 16.6 Å². The van der Waals surface area contributed by atoms with Gasteiger partial charge in [0, 0.05) is 29.1 Å². The van der Waals surface area contributed by atoms with Crippen LogP contribution in [0.15, 0.2) is 35.5 Å². The van der Waals surface area contributed by atoms with Crippen LogP contribution in [0.5, 0.6) is 0 Å². The van der Waals surface area contributed by atoms with Crippen LogP contribution in [0.3, 0.4) is 0 Å². The molecule has 1 atom stereocenters. The van der Waals surface area contributed by atoms with Gasteiger partial charge in [0.2, 0.25) is 0 Å². The Morgan fingerprint density at radius 2 is 2.00 bits per heavy atom. The van der Waals surface area contributed by atoms with E-state index >= 15 is 0 Å². The van der Waals surface area contributed by atoms with Crippen LogP contribution < -0.4 is 0 Å². The Morgan fingerprint density at radius 1 is 1.29 bits per heavy atom. The molecule has 0 saturated heterocycles. The van der Waals surface area contributed by atoms with Gasteiger partial charge in [-0.3, -0.25) is 0 Å². The van der Waals surface area contributed by atoms with Crippen molar-refractivity contribution in [2.75, 3.05) is 20.1 Å². The van der Waals surface area contributed by atoms with E-state index in [0.717, 1.165) is 48.7 Å². The summed E-state index contributed by atoms with van der Waals surface area (Å²) >= 11 is 6.06. The molecule has 1 unspecified atom stereocenters. The summed E-state index contributed by atoms with van der Waals surface area (Å²) in [5.74, 6) is 1.00. The van der Waals surface area contributed by atoms with Gasteiger partial charge in [-0.1, -0.05) is 41.8 Å². The van der Waals surface area contributed by atoms with Crippen molar-refractivity contribution in [1.29, 1.82) is 0 Å². The molecule has 0 aliphatic carbocycles. The molecule has 2 aromatic rings. The average molecular weight is 399 g/mol. The molecule has 1 aromatic heterocycles. The van der Waals surface area contributed by atoms with E-state index in [1.807, 2.05) is 24.3 Å². The SMILES string of the molecule is CCc1nc(C2=CCN(C)CC2)n(C(C)C)c1C(N=[N+]=[N-])c1ccc(Cl)cc1. The van der Waals surface area contributed by atoms with Crippen molar-refractivity contribution in [1.82, 2.24) is 14.5 Å². The lowest BCUT2D eigenvalue weighted by Crippen LogP contribution is -2.24. The van der Waals surface area contributed by atoms with Crippen molar-refractivity contribution in [2.45, 2.75) is 45.7 Å². The third kappa shape index (κ3) is 4.09. The van der Waals surface area contributed by atoms with Gasteiger partial charge >= 0.3 is 0 Å². The smallest absolute Gasteiger partial charge is 0.136 e. The quantitative estimate of drug-likeness (QED) is 0.350. The van der Waals surface area contributed by atoms with E-state index in [2.05, 4.69) is 53.4 Å². The van der Waals surface area contributed by atoms with Crippen LogP contribution >= 0.6 is 11.6 Å². The Morgan fingerprint density at radius 3 is 2.54 bits per heavy atom. The summed E-state index contributed by atoms with van der Waals surface area (Å²) < 4.78 is 2.25. The molecule has 148 valence electrons. The molecule has 0 saturated carbocycles. The second-order valence-electron chi connectivity index (χ2n) is 7.49. The molecule has 6 nitrogen and oxygen atoms in total. The minimum atomic E-state index is -0.437. The number of imidazole rings is 1. The van der Waals surface area contributed by atoms with Crippen LogP contribution in [-0.2, 0) is 6.42 Å². The summed E-state index contributed by atoms with van der Waals surface area (Å²) in [5.41, 5.74) is 13.4. The first-order chi connectivity index (χ1) is 13.5. The van der Waals surface area contributed by atoms with Gasteiger partial charge in [0.25, 0.3) is 0 Å². The summed E-state index contributed by atoms with van der Waals surface area (Å²) in [6, 6.07) is 7.27. The summed E-state index contributed by atoms with van der Waals surface area (Å²) in [6.07, 6.45) is 4.01. The zero-order valence-corrected chi connectivity index (χ0v) is 17.7. The van der Waals surface area contributed by atoms with Crippen molar-refractivity contribution in [3.8, 4) is 0 Å². The standard InChI is InChI=1S/C21H27ClN6/c1-5-18-20(19(25-26-23)15-6-8-17(22)9-7-15)28(14(2)3)21(24-18)16-10-12-27(4)13-11-16/h6-10,14,19H,5,11-13H2,1-4H3. The lowest BCUT2D eigenvalue weighted by molar-refractivity contribution is 0.368. The van der Waals surface area contributed by atoms with Gasteiger partial charge in [-0.15, -0.1) is 0 Å². The predicted molar refractivity (Wildman–Crippen MR) is 115 cm³/mol. The number of rotatable bonds is 6. The highest BCUT2D eigenvalue weighted by Gasteiger charge is 2.27. The molecule has 0 radical (unpaired) electrons. The third-order valence-electron chi connectivity index (χ3n) is 5.19. The number of hydrogen-bond acceptors (Lipinski definition) is 3. The fourth-order valence-corrected chi connectivity index (χ4v) is 3.87. The number of nitrogens with zero attached hydrogens (tertiary/aromatic N) is 6. The molecule has 28 heavy (non-hydrogen) atoms. The van der Waals surface area contributed by atoms with E-state index in [-0.39, 0.29) is 6.04 Å². The molecule has 0 bridgehead atoms. The van der Waals surface area contributed by atoms with Crippen LogP contribution in [0.2, 0.25) is 5.02 Å². The maximum absolute atomic E-state index is 9.28. The zero-order chi connectivity index (χ0) is 20.3. The monoisotopic (exact) mass is 398 g/mol. The fraction of sp³-hybridized carbons (Fsp3) is 0.476. The molecule has 1 aliphatic rings. The highest BCUT2D eigenvalue weighted by atomic mass is 35.5. The van der Waals surface area contributed by atoms with Gasteiger partial charge in [-0.25, -0.2) is 4.98 Å². The van der Waals surface area contributed by atoms with Crippen molar-refractivity contribution in [3.63, 3.8) is 0 Å².